The standard InChI is InChI=1S/C12H19N5S/c1-3-9(13-2)11-16-17-10(8-6-4-5-7-8)14-15-12(17)18-11/h8-9,13H,3-7H2,1-2H3. The van der Waals surface area contributed by atoms with Crippen molar-refractivity contribution in [2.45, 2.75) is 51.0 Å². The van der Waals surface area contributed by atoms with Gasteiger partial charge in [-0.05, 0) is 26.3 Å². The van der Waals surface area contributed by atoms with Gasteiger partial charge in [0.05, 0.1) is 6.04 Å². The Kier molecular flexibility index (Phi) is 3.30. The Bertz CT molecular complexity index is 522. The van der Waals surface area contributed by atoms with Gasteiger partial charge >= 0.3 is 0 Å². The lowest BCUT2D eigenvalue weighted by Crippen LogP contribution is -2.15. The maximum Gasteiger partial charge on any atom is 0.234 e. The van der Waals surface area contributed by atoms with Crippen molar-refractivity contribution in [2.24, 2.45) is 0 Å². The molecule has 2 aromatic heterocycles. The second-order valence-electron chi connectivity index (χ2n) is 4.92. The van der Waals surface area contributed by atoms with Gasteiger partial charge < -0.3 is 5.32 Å². The number of aromatic nitrogens is 4. The first kappa shape index (κ1) is 12.0. The van der Waals surface area contributed by atoms with E-state index < -0.39 is 0 Å². The molecule has 2 aromatic rings. The quantitative estimate of drug-likeness (QED) is 0.923. The van der Waals surface area contributed by atoms with Gasteiger partial charge in [0.2, 0.25) is 4.96 Å². The van der Waals surface area contributed by atoms with E-state index >= 15 is 0 Å². The highest BCUT2D eigenvalue weighted by molar-refractivity contribution is 7.16. The molecule has 1 aliphatic carbocycles. The van der Waals surface area contributed by atoms with Gasteiger partial charge in [-0.15, -0.1) is 10.2 Å². The van der Waals surface area contributed by atoms with E-state index in [4.69, 9.17) is 5.10 Å². The molecular weight excluding hydrogens is 246 g/mol. The molecule has 1 aliphatic rings. The zero-order chi connectivity index (χ0) is 12.5. The summed E-state index contributed by atoms with van der Waals surface area (Å²) in [6, 6.07) is 0.327. The normalized spacial score (nSPS) is 18.8. The smallest absolute Gasteiger partial charge is 0.234 e. The van der Waals surface area contributed by atoms with Crippen molar-refractivity contribution in [1.82, 2.24) is 25.1 Å². The largest absolute Gasteiger partial charge is 0.311 e. The van der Waals surface area contributed by atoms with Gasteiger partial charge in [-0.2, -0.15) is 9.61 Å². The lowest BCUT2D eigenvalue weighted by Gasteiger charge is -2.08. The lowest BCUT2D eigenvalue weighted by molar-refractivity contribution is 0.558. The molecule has 1 fully saturated rings. The molecule has 1 N–H and O–H groups in total. The van der Waals surface area contributed by atoms with Gasteiger partial charge in [0, 0.05) is 5.92 Å². The summed E-state index contributed by atoms with van der Waals surface area (Å²) in [6.07, 6.45) is 6.13. The van der Waals surface area contributed by atoms with Crippen molar-refractivity contribution in [2.75, 3.05) is 7.05 Å². The lowest BCUT2D eigenvalue weighted by atomic mass is 10.1. The van der Waals surface area contributed by atoms with Gasteiger partial charge in [0.1, 0.15) is 5.01 Å². The van der Waals surface area contributed by atoms with Gasteiger partial charge in [-0.3, -0.25) is 0 Å². The summed E-state index contributed by atoms with van der Waals surface area (Å²) >= 11 is 1.65. The molecule has 1 atom stereocenters. The second-order valence-corrected chi connectivity index (χ2v) is 5.91. The summed E-state index contributed by atoms with van der Waals surface area (Å²) in [5, 5.41) is 17.7. The summed E-state index contributed by atoms with van der Waals surface area (Å²) in [5.74, 6) is 1.63. The molecule has 1 saturated carbocycles. The molecule has 0 aliphatic heterocycles. The van der Waals surface area contributed by atoms with Crippen LogP contribution in [0.25, 0.3) is 4.96 Å². The van der Waals surface area contributed by atoms with Crippen molar-refractivity contribution < 1.29 is 0 Å². The van der Waals surface area contributed by atoms with E-state index in [-0.39, 0.29) is 0 Å². The Labute approximate surface area is 111 Å². The number of hydrogen-bond donors (Lipinski definition) is 1. The van der Waals surface area contributed by atoms with Crippen molar-refractivity contribution in [1.29, 1.82) is 0 Å². The van der Waals surface area contributed by atoms with Gasteiger partial charge in [0.25, 0.3) is 0 Å². The number of hydrogen-bond acceptors (Lipinski definition) is 5. The first-order chi connectivity index (χ1) is 8.83. The average molecular weight is 265 g/mol. The third-order valence-corrected chi connectivity index (χ3v) is 4.82. The molecule has 18 heavy (non-hydrogen) atoms. The number of rotatable bonds is 4. The van der Waals surface area contributed by atoms with Crippen LogP contribution in [0.1, 0.15) is 61.8 Å². The Morgan fingerprint density at radius 2 is 2.17 bits per heavy atom. The molecule has 0 bridgehead atoms. The van der Waals surface area contributed by atoms with E-state index in [0.29, 0.717) is 12.0 Å². The topological polar surface area (TPSA) is 55.1 Å². The zero-order valence-electron chi connectivity index (χ0n) is 10.9. The molecule has 5 nitrogen and oxygen atoms in total. The minimum absolute atomic E-state index is 0.327. The Hall–Kier alpha value is -1.01. The van der Waals surface area contributed by atoms with Crippen LogP contribution in [0.4, 0.5) is 0 Å². The predicted molar refractivity (Wildman–Crippen MR) is 72.0 cm³/mol. The van der Waals surface area contributed by atoms with Crippen LogP contribution in [-0.2, 0) is 0 Å². The van der Waals surface area contributed by atoms with Crippen LogP contribution in [0.2, 0.25) is 0 Å². The fourth-order valence-corrected chi connectivity index (χ4v) is 3.77. The van der Waals surface area contributed by atoms with Gasteiger partial charge in [0.15, 0.2) is 5.82 Å². The van der Waals surface area contributed by atoms with E-state index in [9.17, 15) is 0 Å². The van der Waals surface area contributed by atoms with E-state index in [1.807, 2.05) is 11.6 Å². The number of nitrogens with one attached hydrogen (secondary N) is 1. The van der Waals surface area contributed by atoms with Crippen LogP contribution in [0, 0.1) is 0 Å². The number of fused-ring (bicyclic) bond motifs is 1. The van der Waals surface area contributed by atoms with Crippen molar-refractivity contribution >= 4 is 16.3 Å². The van der Waals surface area contributed by atoms with Crippen molar-refractivity contribution in [3.8, 4) is 0 Å². The zero-order valence-corrected chi connectivity index (χ0v) is 11.7. The third-order valence-electron chi connectivity index (χ3n) is 3.81. The monoisotopic (exact) mass is 265 g/mol. The molecular formula is C12H19N5S. The highest BCUT2D eigenvalue weighted by Gasteiger charge is 2.24. The van der Waals surface area contributed by atoms with Crippen LogP contribution in [0.5, 0.6) is 0 Å². The molecule has 6 heteroatoms. The van der Waals surface area contributed by atoms with E-state index in [1.165, 1.54) is 25.7 Å². The number of nitrogens with zero attached hydrogens (tertiary/aromatic N) is 4. The van der Waals surface area contributed by atoms with Crippen LogP contribution < -0.4 is 5.32 Å². The summed E-state index contributed by atoms with van der Waals surface area (Å²) < 4.78 is 1.97. The predicted octanol–water partition coefficient (Wildman–Crippen LogP) is 2.51. The van der Waals surface area contributed by atoms with E-state index in [2.05, 4.69) is 22.4 Å². The molecule has 0 radical (unpaired) electrons. The Morgan fingerprint density at radius 3 is 2.83 bits per heavy atom. The fourth-order valence-electron chi connectivity index (χ4n) is 2.73. The van der Waals surface area contributed by atoms with Gasteiger partial charge in [-0.1, -0.05) is 31.1 Å². The second kappa shape index (κ2) is 4.93. The minimum Gasteiger partial charge on any atom is -0.311 e. The summed E-state index contributed by atoms with van der Waals surface area (Å²) in [4.78, 5) is 0.931. The maximum atomic E-state index is 4.71. The van der Waals surface area contributed by atoms with E-state index in [1.54, 1.807) is 11.3 Å². The molecule has 3 rings (SSSR count). The molecule has 98 valence electrons. The van der Waals surface area contributed by atoms with Crippen LogP contribution in [0.15, 0.2) is 0 Å². The van der Waals surface area contributed by atoms with Crippen LogP contribution in [-0.4, -0.2) is 26.9 Å². The van der Waals surface area contributed by atoms with Crippen molar-refractivity contribution in [3.05, 3.63) is 10.8 Å². The molecule has 0 aromatic carbocycles. The first-order valence-electron chi connectivity index (χ1n) is 6.72. The van der Waals surface area contributed by atoms with Gasteiger partial charge in [-0.25, -0.2) is 0 Å². The highest BCUT2D eigenvalue weighted by atomic mass is 32.1. The summed E-state index contributed by atoms with van der Waals surface area (Å²) in [6.45, 7) is 2.17. The molecule has 0 spiro atoms. The molecule has 1 unspecified atom stereocenters. The SMILES string of the molecule is CCC(NC)c1nn2c(C3CCCC3)nnc2s1. The summed E-state index contributed by atoms with van der Waals surface area (Å²) in [7, 11) is 1.98. The Balaban J connectivity index is 1.97. The molecule has 0 amide bonds. The first-order valence-corrected chi connectivity index (χ1v) is 7.54. The molecule has 2 heterocycles. The summed E-state index contributed by atoms with van der Waals surface area (Å²) in [5.41, 5.74) is 0. The Morgan fingerprint density at radius 1 is 1.39 bits per heavy atom. The molecule has 0 saturated heterocycles. The van der Waals surface area contributed by atoms with Crippen LogP contribution >= 0.6 is 11.3 Å². The van der Waals surface area contributed by atoms with Crippen molar-refractivity contribution in [3.63, 3.8) is 0 Å². The fraction of sp³-hybridized carbons (Fsp3) is 0.750. The van der Waals surface area contributed by atoms with E-state index in [0.717, 1.165) is 22.2 Å². The highest BCUT2D eigenvalue weighted by Crippen LogP contribution is 2.34. The third kappa shape index (κ3) is 1.93. The van der Waals surface area contributed by atoms with Crippen LogP contribution in [0.3, 0.4) is 0 Å². The minimum atomic E-state index is 0.327. The average Bonchev–Trinajstić information content (AvgIpc) is 3.04. The maximum absolute atomic E-state index is 4.71.